The van der Waals surface area contributed by atoms with Crippen molar-refractivity contribution in [3.63, 3.8) is 0 Å². The lowest BCUT2D eigenvalue weighted by Gasteiger charge is -2.32. The minimum Gasteiger partial charge on any atom is -0.464 e. The molecule has 2 fully saturated rings. The second-order valence-corrected chi connectivity index (χ2v) is 17.4. The van der Waals surface area contributed by atoms with Crippen molar-refractivity contribution in [2.45, 2.75) is 101 Å². The number of alkyl carbamates (subject to hydrolysis) is 1. The number of carbonyl (C=O) groups is 4. The van der Waals surface area contributed by atoms with Gasteiger partial charge in [0.05, 0.1) is 12.4 Å². The number of nitrogens with one attached hydrogen (secondary N) is 3. The Kier molecular flexibility index (Phi) is 13.9. The normalized spacial score (nSPS) is 22.8. The van der Waals surface area contributed by atoms with Gasteiger partial charge < -0.3 is 19.7 Å². The van der Waals surface area contributed by atoms with Crippen molar-refractivity contribution in [1.29, 1.82) is 0 Å². The monoisotopic (exact) mass is 764 g/mol. The lowest BCUT2D eigenvalue weighted by atomic mass is 9.93. The fourth-order valence-corrected chi connectivity index (χ4v) is 9.20. The van der Waals surface area contributed by atoms with Gasteiger partial charge in [0.1, 0.15) is 21.9 Å². The third-order valence-electron chi connectivity index (χ3n) is 9.87. The Morgan fingerprint density at radius 2 is 1.65 bits per heavy atom. The van der Waals surface area contributed by atoms with Crippen LogP contribution >= 0.6 is 0 Å². The van der Waals surface area contributed by atoms with E-state index in [-0.39, 0.29) is 31.7 Å². The van der Waals surface area contributed by atoms with Gasteiger partial charge in [-0.05, 0) is 83.0 Å². The maximum atomic E-state index is 14.8. The molecule has 0 spiro atoms. The molecule has 3 N–H and O–H groups in total. The summed E-state index contributed by atoms with van der Waals surface area (Å²) in [5, 5.41) is 8.56. The van der Waals surface area contributed by atoms with E-state index in [1.165, 1.54) is 4.90 Å². The quantitative estimate of drug-likeness (QED) is 0.0783. The van der Waals surface area contributed by atoms with Gasteiger partial charge in [0.15, 0.2) is 16.0 Å². The molecule has 1 saturated carbocycles. The summed E-state index contributed by atoms with van der Waals surface area (Å²) in [6.07, 6.45) is 3.55. The number of carbonyl (C=O) groups excluding carboxylic acids is 4. The zero-order valence-corrected chi connectivity index (χ0v) is 33.0. The van der Waals surface area contributed by atoms with Crippen molar-refractivity contribution in [1.82, 2.24) is 20.9 Å². The van der Waals surface area contributed by atoms with E-state index in [1.807, 2.05) is 42.5 Å². The highest BCUT2D eigenvalue weighted by Crippen LogP contribution is 2.48. The van der Waals surface area contributed by atoms with Crippen LogP contribution in [0.25, 0.3) is 11.1 Å². The van der Waals surface area contributed by atoms with Crippen molar-refractivity contribution in [2.24, 2.45) is 5.92 Å². The lowest BCUT2D eigenvalue weighted by molar-refractivity contribution is -0.150. The third-order valence-corrected chi connectivity index (χ3v) is 12.5. The van der Waals surface area contributed by atoms with Crippen LogP contribution in [0, 0.1) is 5.92 Å². The molecule has 5 atom stereocenters. The molecule has 2 aromatic rings. The summed E-state index contributed by atoms with van der Waals surface area (Å²) in [5.74, 6) is -2.68. The van der Waals surface area contributed by atoms with Crippen LogP contribution in [0.5, 0.6) is 0 Å². The number of likely N-dealkylation sites (tertiary alicyclic amines) is 1. The average Bonchev–Trinajstić information content (AvgIpc) is 3.68. The third kappa shape index (κ3) is 9.59. The van der Waals surface area contributed by atoms with Gasteiger partial charge in [0.25, 0.3) is 5.91 Å². The van der Waals surface area contributed by atoms with Gasteiger partial charge in [-0.25, -0.2) is 18.0 Å². The second-order valence-electron chi connectivity index (χ2n) is 15.0. The van der Waals surface area contributed by atoms with Gasteiger partial charge in [-0.15, -0.1) is 13.2 Å². The van der Waals surface area contributed by atoms with Crippen LogP contribution in [0.1, 0.15) is 78.7 Å². The van der Waals surface area contributed by atoms with E-state index in [1.54, 1.807) is 58.9 Å². The largest absolute Gasteiger partial charge is 0.464 e. The molecule has 3 amide bonds. The standard InChI is InChI=1S/C41H56N4O8S/c1-8-12-13-17-24-42-34(43-38(49)53-39(5,6)7)36(47)45-28-40(54(50,51)25-9-2,32-22-20-30(21-23-32)29-18-15-14-16-19-29)27-33(45)35(46)44-41(26-31(41)10-3)37(48)52-11-4/h8,10,14-16,18-23,31,33-34,42H,1,3,9,11-13,17,24-28H2,2,4-7H3,(H,43,49)(H,44,46)/t31-,33+,34-,40+,41-/m1/s1. The minimum atomic E-state index is -4.03. The van der Waals surface area contributed by atoms with Crippen LogP contribution < -0.4 is 16.0 Å². The first-order chi connectivity index (χ1) is 25.6. The van der Waals surface area contributed by atoms with Gasteiger partial charge in [-0.3, -0.25) is 20.2 Å². The summed E-state index contributed by atoms with van der Waals surface area (Å²) in [4.78, 5) is 56.8. The van der Waals surface area contributed by atoms with E-state index in [4.69, 9.17) is 9.47 Å². The number of rotatable bonds is 18. The first-order valence-corrected chi connectivity index (χ1v) is 20.4. The lowest BCUT2D eigenvalue weighted by Crippen LogP contribution is -2.60. The van der Waals surface area contributed by atoms with Crippen LogP contribution in [0.2, 0.25) is 0 Å². The van der Waals surface area contributed by atoms with Crippen LogP contribution in [-0.2, 0) is 38.4 Å². The molecular formula is C41H56N4O8S. The zero-order chi connectivity index (χ0) is 39.7. The molecular weight excluding hydrogens is 709 g/mol. The fraction of sp³-hybridized carbons (Fsp3) is 0.512. The number of sulfone groups is 1. The average molecular weight is 765 g/mol. The van der Waals surface area contributed by atoms with Gasteiger partial charge >= 0.3 is 12.1 Å². The summed E-state index contributed by atoms with van der Waals surface area (Å²) in [6, 6.07) is 15.4. The molecule has 4 rings (SSSR count). The molecule has 1 heterocycles. The van der Waals surface area contributed by atoms with Crippen LogP contribution in [0.15, 0.2) is 79.9 Å². The van der Waals surface area contributed by atoms with E-state index < -0.39 is 67.7 Å². The van der Waals surface area contributed by atoms with Crippen LogP contribution in [0.4, 0.5) is 4.79 Å². The molecule has 0 bridgehead atoms. The number of hydrogen-bond donors (Lipinski definition) is 3. The molecule has 294 valence electrons. The number of ether oxygens (including phenoxy) is 2. The van der Waals surface area contributed by atoms with Gasteiger partial charge in [0, 0.05) is 18.9 Å². The van der Waals surface area contributed by atoms with Gasteiger partial charge in [0.2, 0.25) is 5.91 Å². The molecule has 2 aliphatic rings. The molecule has 12 nitrogen and oxygen atoms in total. The maximum absolute atomic E-state index is 14.8. The molecule has 13 heteroatoms. The smallest absolute Gasteiger partial charge is 0.409 e. The van der Waals surface area contributed by atoms with Crippen molar-refractivity contribution in [2.75, 3.05) is 25.4 Å². The van der Waals surface area contributed by atoms with Gasteiger partial charge in [-0.2, -0.15) is 0 Å². The van der Waals surface area contributed by atoms with Gasteiger partial charge in [-0.1, -0.05) is 73.7 Å². The molecule has 1 saturated heterocycles. The van der Waals surface area contributed by atoms with Crippen LogP contribution in [0.3, 0.4) is 0 Å². The SMILES string of the molecule is C=CCCCCN[C@H](NC(=O)OC(C)(C)C)C(=O)N1C[C@@](c2ccc(-c3ccccc3)cc2)(S(=O)(=O)CCC)C[C@H]1C(=O)N[C@]1(C(=O)OCC)C[C@H]1C=C. The summed E-state index contributed by atoms with van der Waals surface area (Å²) < 4.78 is 38.2. The summed E-state index contributed by atoms with van der Waals surface area (Å²) >= 11 is 0. The predicted octanol–water partition coefficient (Wildman–Crippen LogP) is 5.40. The molecule has 0 radical (unpaired) electrons. The number of unbranched alkanes of at least 4 members (excludes halogenated alkanes) is 2. The van der Waals surface area contributed by atoms with Crippen LogP contribution in [-0.4, -0.2) is 86.0 Å². The Labute approximate surface area is 320 Å². The molecule has 0 unspecified atom stereocenters. The summed E-state index contributed by atoms with van der Waals surface area (Å²) in [7, 11) is -4.03. The molecule has 1 aliphatic carbocycles. The molecule has 2 aromatic carbocycles. The first-order valence-electron chi connectivity index (χ1n) is 18.7. The topological polar surface area (TPSA) is 160 Å². The number of allylic oxidation sites excluding steroid dienone is 1. The van der Waals surface area contributed by atoms with Crippen molar-refractivity contribution in [3.8, 4) is 11.1 Å². The molecule has 1 aliphatic heterocycles. The number of esters is 1. The molecule has 54 heavy (non-hydrogen) atoms. The number of hydrogen-bond acceptors (Lipinski definition) is 9. The van der Waals surface area contributed by atoms with E-state index in [0.29, 0.717) is 24.9 Å². The van der Waals surface area contributed by atoms with E-state index >= 15 is 0 Å². The van der Waals surface area contributed by atoms with E-state index in [9.17, 15) is 27.6 Å². The Morgan fingerprint density at radius 1 is 0.981 bits per heavy atom. The number of amides is 3. The van der Waals surface area contributed by atoms with Crippen molar-refractivity contribution in [3.05, 3.63) is 85.5 Å². The molecule has 0 aromatic heterocycles. The first kappa shape index (κ1) is 42.3. The number of benzene rings is 2. The summed E-state index contributed by atoms with van der Waals surface area (Å²) in [6.45, 7) is 16.1. The fourth-order valence-electron chi connectivity index (χ4n) is 7.03. The highest BCUT2D eigenvalue weighted by atomic mass is 32.2. The van der Waals surface area contributed by atoms with Crippen molar-refractivity contribution < 1.29 is 37.1 Å². The highest BCUT2D eigenvalue weighted by molar-refractivity contribution is 7.92. The Hall–Kier alpha value is -4.49. The van der Waals surface area contributed by atoms with E-state index in [2.05, 4.69) is 29.1 Å². The second kappa shape index (κ2) is 17.8. The Balaban J connectivity index is 1.81. The predicted molar refractivity (Wildman–Crippen MR) is 209 cm³/mol. The highest BCUT2D eigenvalue weighted by Gasteiger charge is 2.63. The Morgan fingerprint density at radius 3 is 2.22 bits per heavy atom. The number of nitrogens with zero attached hydrogens (tertiary/aromatic N) is 1. The van der Waals surface area contributed by atoms with E-state index in [0.717, 1.165) is 24.0 Å². The zero-order valence-electron chi connectivity index (χ0n) is 32.2. The minimum absolute atomic E-state index is 0.0855. The maximum Gasteiger partial charge on any atom is 0.409 e. The van der Waals surface area contributed by atoms with Crippen molar-refractivity contribution >= 4 is 33.7 Å². The Bertz CT molecular complexity index is 1780. The summed E-state index contributed by atoms with van der Waals surface area (Å²) in [5.41, 5.74) is -0.0405.